The summed E-state index contributed by atoms with van der Waals surface area (Å²) in [4.78, 5) is 15.9. The fraction of sp³-hybridized carbons (Fsp3) is 0.611. The Morgan fingerprint density at radius 2 is 2.15 bits per heavy atom. The van der Waals surface area contributed by atoms with E-state index in [9.17, 15) is 4.79 Å². The molecule has 1 aliphatic heterocycles. The second kappa shape index (κ2) is 9.18. The lowest BCUT2D eigenvalue weighted by atomic mass is 10.0. The molecule has 0 bridgehead atoms. The van der Waals surface area contributed by atoms with Crippen LogP contribution in [0.1, 0.15) is 24.5 Å². The molecule has 0 unspecified atom stereocenters. The maximum absolute atomic E-state index is 12.3. The predicted molar refractivity (Wildman–Crippen MR) is 108 cm³/mol. The van der Waals surface area contributed by atoms with Crippen LogP contribution in [0.5, 0.6) is 0 Å². The molecule has 1 aliphatic rings. The van der Waals surface area contributed by atoms with Crippen LogP contribution in [-0.4, -0.2) is 69.7 Å². The number of amides is 1. The van der Waals surface area contributed by atoms with Crippen molar-refractivity contribution < 1.29 is 9.53 Å². The maximum atomic E-state index is 12.3. The van der Waals surface area contributed by atoms with Crippen LogP contribution in [0.15, 0.2) is 22.7 Å². The van der Waals surface area contributed by atoms with Crippen LogP contribution in [0.25, 0.3) is 0 Å². The second-order valence-corrected chi connectivity index (χ2v) is 9.17. The van der Waals surface area contributed by atoms with E-state index in [-0.39, 0.29) is 11.4 Å². The number of thiophene rings is 1. The first-order valence-electron chi connectivity index (χ1n) is 9.08. The van der Waals surface area contributed by atoms with E-state index < -0.39 is 0 Å². The Hall–Kier alpha value is -1.42. The lowest BCUT2D eigenvalue weighted by Gasteiger charge is -2.40. The molecule has 2 aromatic rings. The maximum Gasteiger partial charge on any atom is 0.230 e. The van der Waals surface area contributed by atoms with Crippen molar-refractivity contribution in [1.29, 1.82) is 0 Å². The lowest BCUT2D eigenvalue weighted by Crippen LogP contribution is -2.55. The molecule has 0 saturated carbocycles. The number of nitrogens with zero attached hydrogens (tertiary/aromatic N) is 4. The molecule has 1 saturated heterocycles. The molecule has 0 radical (unpaired) electrons. The minimum Gasteiger partial charge on any atom is -0.379 e. The number of morpholine rings is 1. The Kier molecular flexibility index (Phi) is 6.91. The van der Waals surface area contributed by atoms with Crippen LogP contribution in [0, 0.1) is 0 Å². The summed E-state index contributed by atoms with van der Waals surface area (Å²) in [5.74, 6) is 1.27. The number of aromatic nitrogens is 3. The van der Waals surface area contributed by atoms with Gasteiger partial charge in [-0.3, -0.25) is 9.69 Å². The highest BCUT2D eigenvalue weighted by Crippen LogP contribution is 2.19. The van der Waals surface area contributed by atoms with E-state index in [0.717, 1.165) is 43.7 Å². The molecule has 7 nitrogen and oxygen atoms in total. The van der Waals surface area contributed by atoms with Crippen molar-refractivity contribution in [2.75, 3.05) is 38.6 Å². The van der Waals surface area contributed by atoms with Crippen molar-refractivity contribution >= 4 is 29.0 Å². The van der Waals surface area contributed by atoms with Crippen LogP contribution in [-0.2, 0) is 23.0 Å². The van der Waals surface area contributed by atoms with Gasteiger partial charge in [-0.25, -0.2) is 0 Å². The van der Waals surface area contributed by atoms with Gasteiger partial charge in [0.15, 0.2) is 5.16 Å². The molecule has 3 heterocycles. The monoisotopic (exact) mass is 409 g/mol. The van der Waals surface area contributed by atoms with Crippen LogP contribution in [0.3, 0.4) is 0 Å². The highest BCUT2D eigenvalue weighted by atomic mass is 32.2. The van der Waals surface area contributed by atoms with Crippen molar-refractivity contribution in [2.45, 2.75) is 31.0 Å². The molecule has 27 heavy (non-hydrogen) atoms. The summed E-state index contributed by atoms with van der Waals surface area (Å²) in [6, 6.07) is 4.13. The number of carbonyl (C=O) groups is 1. The van der Waals surface area contributed by atoms with E-state index in [4.69, 9.17) is 4.74 Å². The predicted octanol–water partition coefficient (Wildman–Crippen LogP) is 1.79. The summed E-state index contributed by atoms with van der Waals surface area (Å²) >= 11 is 3.13. The molecule has 9 heteroatoms. The topological polar surface area (TPSA) is 72.3 Å². The van der Waals surface area contributed by atoms with Crippen molar-refractivity contribution in [3.63, 3.8) is 0 Å². The summed E-state index contributed by atoms with van der Waals surface area (Å²) in [5.41, 5.74) is -0.0806. The van der Waals surface area contributed by atoms with Crippen LogP contribution in [0.2, 0.25) is 0 Å². The van der Waals surface area contributed by atoms with E-state index in [1.807, 2.05) is 17.7 Å². The SMILES string of the molecule is Cn1c(Cc2cccs2)nnc1SCC(=O)NCC(C)(C)N1CCOCC1. The fourth-order valence-corrected chi connectivity index (χ4v) is 4.43. The molecule has 0 atom stereocenters. The highest BCUT2D eigenvalue weighted by molar-refractivity contribution is 7.99. The molecule has 3 rings (SSSR count). The minimum absolute atomic E-state index is 0.0177. The Morgan fingerprint density at radius 3 is 2.85 bits per heavy atom. The van der Waals surface area contributed by atoms with E-state index in [1.54, 1.807) is 11.3 Å². The average Bonchev–Trinajstić information content (AvgIpc) is 3.30. The van der Waals surface area contributed by atoms with Crippen molar-refractivity contribution in [1.82, 2.24) is 25.0 Å². The first-order chi connectivity index (χ1) is 13.0. The van der Waals surface area contributed by atoms with Gasteiger partial charge in [0, 0.05) is 43.5 Å². The summed E-state index contributed by atoms with van der Waals surface area (Å²) < 4.78 is 7.37. The number of thioether (sulfide) groups is 1. The number of hydrogen-bond acceptors (Lipinski definition) is 7. The van der Waals surface area contributed by atoms with E-state index >= 15 is 0 Å². The molecule has 148 valence electrons. The zero-order chi connectivity index (χ0) is 19.3. The van der Waals surface area contributed by atoms with Gasteiger partial charge >= 0.3 is 0 Å². The number of ether oxygens (including phenoxy) is 1. The minimum atomic E-state index is -0.0806. The van der Waals surface area contributed by atoms with Gasteiger partial charge in [0.25, 0.3) is 0 Å². The summed E-state index contributed by atoms with van der Waals surface area (Å²) in [6.45, 7) is 8.26. The molecule has 0 spiro atoms. The summed E-state index contributed by atoms with van der Waals surface area (Å²) in [7, 11) is 1.95. The van der Waals surface area contributed by atoms with E-state index in [2.05, 4.69) is 45.7 Å². The van der Waals surface area contributed by atoms with Gasteiger partial charge in [0.1, 0.15) is 5.82 Å². The van der Waals surface area contributed by atoms with Gasteiger partial charge in [-0.15, -0.1) is 21.5 Å². The molecule has 1 amide bonds. The number of hydrogen-bond donors (Lipinski definition) is 1. The van der Waals surface area contributed by atoms with Gasteiger partial charge in [-0.1, -0.05) is 17.8 Å². The molecule has 1 fully saturated rings. The molecule has 0 aliphatic carbocycles. The molecule has 0 aromatic carbocycles. The Balaban J connectivity index is 1.45. The Bertz CT molecular complexity index is 739. The standard InChI is InChI=1S/C18H27N5O2S2/c1-18(2,23-6-8-25-9-7-23)13-19-16(24)12-27-17-21-20-15(22(17)3)11-14-5-4-10-26-14/h4-5,10H,6-9,11-13H2,1-3H3,(H,19,24). The van der Waals surface area contributed by atoms with Crippen molar-refractivity contribution in [3.05, 3.63) is 28.2 Å². The quantitative estimate of drug-likeness (QED) is 0.670. The smallest absolute Gasteiger partial charge is 0.230 e. The zero-order valence-electron chi connectivity index (χ0n) is 16.1. The molecule has 1 N–H and O–H groups in total. The third-order valence-electron chi connectivity index (χ3n) is 4.76. The van der Waals surface area contributed by atoms with E-state index in [1.165, 1.54) is 16.6 Å². The average molecular weight is 410 g/mol. The van der Waals surface area contributed by atoms with Crippen LogP contribution >= 0.6 is 23.1 Å². The normalized spacial score (nSPS) is 15.8. The first-order valence-corrected chi connectivity index (χ1v) is 11.0. The third-order valence-corrected chi connectivity index (χ3v) is 6.65. The van der Waals surface area contributed by atoms with Gasteiger partial charge in [-0.2, -0.15) is 0 Å². The van der Waals surface area contributed by atoms with Crippen molar-refractivity contribution in [2.24, 2.45) is 7.05 Å². The number of rotatable bonds is 8. The second-order valence-electron chi connectivity index (χ2n) is 7.19. The van der Waals surface area contributed by atoms with Crippen molar-refractivity contribution in [3.8, 4) is 0 Å². The van der Waals surface area contributed by atoms with Gasteiger partial charge in [0.05, 0.1) is 19.0 Å². The molecular weight excluding hydrogens is 382 g/mol. The van der Waals surface area contributed by atoms with Gasteiger partial charge < -0.3 is 14.6 Å². The Morgan fingerprint density at radius 1 is 1.37 bits per heavy atom. The van der Waals surface area contributed by atoms with Gasteiger partial charge in [-0.05, 0) is 25.3 Å². The Labute approximate surface area is 168 Å². The highest BCUT2D eigenvalue weighted by Gasteiger charge is 2.28. The summed E-state index contributed by atoms with van der Waals surface area (Å²) in [6.07, 6.45) is 0.766. The van der Waals surface area contributed by atoms with E-state index in [0.29, 0.717) is 12.3 Å². The fourth-order valence-electron chi connectivity index (χ4n) is 2.97. The molecular formula is C18H27N5O2S2. The van der Waals surface area contributed by atoms with Gasteiger partial charge in [0.2, 0.25) is 5.91 Å². The number of nitrogens with one attached hydrogen (secondary N) is 1. The third kappa shape index (κ3) is 5.54. The van der Waals surface area contributed by atoms with Crippen LogP contribution < -0.4 is 5.32 Å². The first kappa shape index (κ1) is 20.3. The lowest BCUT2D eigenvalue weighted by molar-refractivity contribution is -0.119. The summed E-state index contributed by atoms with van der Waals surface area (Å²) in [5, 5.41) is 14.4. The zero-order valence-corrected chi connectivity index (χ0v) is 17.7. The van der Waals surface area contributed by atoms with Crippen LogP contribution in [0.4, 0.5) is 0 Å². The number of carbonyl (C=O) groups excluding carboxylic acids is 1. The molecule has 2 aromatic heterocycles. The largest absolute Gasteiger partial charge is 0.379 e.